The first kappa shape index (κ1) is 25.0. The molecule has 0 bridgehead atoms. The van der Waals surface area contributed by atoms with Crippen LogP contribution in [0.2, 0.25) is 5.02 Å². The van der Waals surface area contributed by atoms with Crippen LogP contribution in [0.3, 0.4) is 0 Å². The van der Waals surface area contributed by atoms with Crippen LogP contribution < -0.4 is 14.9 Å². The maximum absolute atomic E-state index is 12.5. The van der Waals surface area contributed by atoms with Crippen LogP contribution in [0.1, 0.15) is 23.6 Å². The monoisotopic (exact) mass is 598 g/mol. The highest BCUT2D eigenvalue weighted by Gasteiger charge is 2.13. The van der Waals surface area contributed by atoms with Crippen LogP contribution in [-0.2, 0) is 17.8 Å². The Balaban J connectivity index is 1.44. The van der Waals surface area contributed by atoms with Crippen LogP contribution in [0.4, 0.5) is 0 Å². The third kappa shape index (κ3) is 6.52. The van der Waals surface area contributed by atoms with Gasteiger partial charge in [0.1, 0.15) is 6.61 Å². The maximum atomic E-state index is 12.5. The van der Waals surface area contributed by atoms with E-state index in [9.17, 15) is 4.79 Å². The minimum Gasteiger partial charge on any atom is -0.490 e. The zero-order valence-corrected chi connectivity index (χ0v) is 22.0. The van der Waals surface area contributed by atoms with Crippen molar-refractivity contribution in [1.82, 2.24) is 5.43 Å². The van der Waals surface area contributed by atoms with E-state index in [2.05, 4.69) is 33.1 Å². The number of nitrogens with zero attached hydrogens (tertiary/aromatic N) is 1. The third-order valence-electron chi connectivity index (χ3n) is 5.30. The van der Waals surface area contributed by atoms with Crippen molar-refractivity contribution in [3.8, 4) is 11.5 Å². The van der Waals surface area contributed by atoms with Crippen molar-refractivity contribution < 1.29 is 14.3 Å². The lowest BCUT2D eigenvalue weighted by atomic mass is 10.0. The van der Waals surface area contributed by atoms with Crippen LogP contribution in [0.5, 0.6) is 11.5 Å². The molecule has 1 N–H and O–H groups in total. The van der Waals surface area contributed by atoms with E-state index in [1.807, 2.05) is 85.8 Å². The molecule has 7 heteroatoms. The van der Waals surface area contributed by atoms with Gasteiger partial charge in [-0.05, 0) is 69.6 Å². The van der Waals surface area contributed by atoms with Gasteiger partial charge in [0, 0.05) is 10.6 Å². The van der Waals surface area contributed by atoms with Gasteiger partial charge in [-0.3, -0.25) is 4.79 Å². The molecule has 0 unspecified atom stereocenters. The lowest BCUT2D eigenvalue weighted by Crippen LogP contribution is -2.19. The van der Waals surface area contributed by atoms with Crippen molar-refractivity contribution >= 4 is 57.1 Å². The summed E-state index contributed by atoms with van der Waals surface area (Å²) in [4.78, 5) is 12.5. The first-order valence-corrected chi connectivity index (χ1v) is 12.6. The molecule has 0 radical (unpaired) electrons. The molecule has 0 aliphatic rings. The summed E-state index contributed by atoms with van der Waals surface area (Å²) < 4.78 is 12.7. The predicted molar refractivity (Wildman–Crippen MR) is 150 cm³/mol. The Morgan fingerprint density at radius 1 is 1.00 bits per heavy atom. The first-order valence-electron chi connectivity index (χ1n) is 11.2. The Morgan fingerprint density at radius 3 is 2.57 bits per heavy atom. The van der Waals surface area contributed by atoms with Crippen LogP contribution in [-0.4, -0.2) is 18.7 Å². The molecular weight excluding hydrogens is 575 g/mol. The third-order valence-corrected chi connectivity index (χ3v) is 6.47. The number of halogens is 2. The van der Waals surface area contributed by atoms with E-state index < -0.39 is 0 Å². The number of nitrogens with one attached hydrogen (secondary N) is 1. The van der Waals surface area contributed by atoms with E-state index in [0.29, 0.717) is 29.7 Å². The van der Waals surface area contributed by atoms with Crippen molar-refractivity contribution in [1.29, 1.82) is 0 Å². The molecule has 0 fully saturated rings. The first-order chi connectivity index (χ1) is 17.0. The SMILES string of the molecule is CCOc1cc(/C=N\NC(=O)Cc2cccc3ccccc23)cc(I)c1OCc1ccccc1Cl. The molecule has 5 nitrogen and oxygen atoms in total. The van der Waals surface area contributed by atoms with E-state index >= 15 is 0 Å². The summed E-state index contributed by atoms with van der Waals surface area (Å²) in [5.41, 5.74) is 5.27. The number of rotatable bonds is 9. The molecule has 0 saturated heterocycles. The van der Waals surface area contributed by atoms with Crippen molar-refractivity contribution in [2.45, 2.75) is 20.0 Å². The van der Waals surface area contributed by atoms with Gasteiger partial charge in [-0.2, -0.15) is 5.10 Å². The Morgan fingerprint density at radius 2 is 1.74 bits per heavy atom. The van der Waals surface area contributed by atoms with Gasteiger partial charge < -0.3 is 9.47 Å². The smallest absolute Gasteiger partial charge is 0.244 e. The average molecular weight is 599 g/mol. The normalized spacial score (nSPS) is 11.1. The van der Waals surface area contributed by atoms with Crippen molar-refractivity contribution in [2.75, 3.05) is 6.61 Å². The molecule has 0 atom stereocenters. The minimum absolute atomic E-state index is 0.183. The molecule has 0 aliphatic heterocycles. The van der Waals surface area contributed by atoms with Gasteiger partial charge in [-0.25, -0.2) is 5.43 Å². The van der Waals surface area contributed by atoms with Gasteiger partial charge in [-0.15, -0.1) is 0 Å². The molecule has 0 heterocycles. The summed E-state index contributed by atoms with van der Waals surface area (Å²) in [6.45, 7) is 2.73. The molecule has 0 spiro atoms. The predicted octanol–water partition coefficient (Wildman–Crippen LogP) is 6.77. The van der Waals surface area contributed by atoms with Crippen molar-refractivity contribution in [2.24, 2.45) is 5.10 Å². The largest absolute Gasteiger partial charge is 0.490 e. The second-order valence-corrected chi connectivity index (χ2v) is 9.32. The van der Waals surface area contributed by atoms with Gasteiger partial charge >= 0.3 is 0 Å². The highest BCUT2D eigenvalue weighted by molar-refractivity contribution is 14.1. The summed E-state index contributed by atoms with van der Waals surface area (Å²) in [5.74, 6) is 1.07. The number of hydrogen-bond acceptors (Lipinski definition) is 4. The van der Waals surface area contributed by atoms with Crippen molar-refractivity contribution in [3.63, 3.8) is 0 Å². The number of hydrogen-bond donors (Lipinski definition) is 1. The fourth-order valence-electron chi connectivity index (χ4n) is 3.67. The number of amides is 1. The molecule has 0 aromatic heterocycles. The molecule has 4 rings (SSSR count). The number of fused-ring (bicyclic) bond motifs is 1. The van der Waals surface area contributed by atoms with E-state index in [0.717, 1.165) is 31.0 Å². The van der Waals surface area contributed by atoms with Gasteiger partial charge in [0.05, 0.1) is 22.8 Å². The summed E-state index contributed by atoms with van der Waals surface area (Å²) in [6, 6.07) is 25.3. The van der Waals surface area contributed by atoms with Gasteiger partial charge in [-0.1, -0.05) is 72.3 Å². The number of ether oxygens (including phenoxy) is 2. The highest BCUT2D eigenvalue weighted by atomic mass is 127. The summed E-state index contributed by atoms with van der Waals surface area (Å²) in [7, 11) is 0. The standard InChI is InChI=1S/C28H24ClIN2O3/c1-2-34-26-15-19(14-25(30)28(26)35-18-22-9-4-6-13-24(22)29)17-31-32-27(33)16-21-11-7-10-20-8-3-5-12-23(20)21/h3-15,17H,2,16,18H2,1H3,(H,32,33)/b31-17-. The molecule has 35 heavy (non-hydrogen) atoms. The molecule has 178 valence electrons. The molecular formula is C28H24ClIN2O3. The molecule has 4 aromatic rings. The number of benzene rings is 4. The second kappa shape index (κ2) is 12.0. The van der Waals surface area contributed by atoms with Gasteiger partial charge in [0.2, 0.25) is 5.91 Å². The quantitative estimate of drug-likeness (QED) is 0.131. The van der Waals surface area contributed by atoms with E-state index in [1.165, 1.54) is 0 Å². The Bertz CT molecular complexity index is 1370. The Labute approximate surface area is 223 Å². The molecule has 0 aliphatic carbocycles. The van der Waals surface area contributed by atoms with E-state index in [4.69, 9.17) is 21.1 Å². The number of carbonyl (C=O) groups excluding carboxylic acids is 1. The Hall–Kier alpha value is -3.10. The summed E-state index contributed by atoms with van der Waals surface area (Å²) >= 11 is 8.46. The maximum Gasteiger partial charge on any atom is 0.244 e. The zero-order chi connectivity index (χ0) is 24.6. The summed E-state index contributed by atoms with van der Waals surface area (Å²) in [6.07, 6.45) is 1.85. The second-order valence-electron chi connectivity index (χ2n) is 7.75. The van der Waals surface area contributed by atoms with E-state index in [1.54, 1.807) is 6.21 Å². The van der Waals surface area contributed by atoms with Crippen molar-refractivity contribution in [3.05, 3.63) is 104 Å². The Kier molecular flexibility index (Phi) is 8.60. The molecule has 4 aromatic carbocycles. The van der Waals surface area contributed by atoms with Crippen LogP contribution in [0.25, 0.3) is 10.8 Å². The fourth-order valence-corrected chi connectivity index (χ4v) is 4.64. The number of hydrazone groups is 1. The van der Waals surface area contributed by atoms with Crippen LogP contribution in [0.15, 0.2) is 84.0 Å². The number of carbonyl (C=O) groups is 1. The zero-order valence-electron chi connectivity index (χ0n) is 19.1. The van der Waals surface area contributed by atoms with Crippen LogP contribution >= 0.6 is 34.2 Å². The highest BCUT2D eigenvalue weighted by Crippen LogP contribution is 2.35. The van der Waals surface area contributed by atoms with Gasteiger partial charge in [0.15, 0.2) is 11.5 Å². The van der Waals surface area contributed by atoms with Gasteiger partial charge in [0.25, 0.3) is 0 Å². The lowest BCUT2D eigenvalue weighted by molar-refractivity contribution is -0.120. The average Bonchev–Trinajstić information content (AvgIpc) is 2.85. The molecule has 0 saturated carbocycles. The summed E-state index contributed by atoms with van der Waals surface area (Å²) in [5, 5.41) is 6.98. The van der Waals surface area contributed by atoms with E-state index in [-0.39, 0.29) is 12.3 Å². The molecule has 1 amide bonds. The fraction of sp³-hybridized carbons (Fsp3) is 0.143. The van der Waals surface area contributed by atoms with Crippen LogP contribution in [0, 0.1) is 3.57 Å². The lowest BCUT2D eigenvalue weighted by Gasteiger charge is -2.15. The topological polar surface area (TPSA) is 59.9 Å². The minimum atomic E-state index is -0.183.